The Morgan fingerprint density at radius 1 is 1.50 bits per heavy atom. The first-order valence-corrected chi connectivity index (χ1v) is 8.40. The van der Waals surface area contributed by atoms with Gasteiger partial charge >= 0.3 is 0 Å². The molecule has 0 spiro atoms. The van der Waals surface area contributed by atoms with Crippen LogP contribution < -0.4 is 10.5 Å². The molecule has 1 saturated heterocycles. The maximum absolute atomic E-state index is 12.2. The van der Waals surface area contributed by atoms with Crippen molar-refractivity contribution in [3.8, 4) is 0 Å². The van der Waals surface area contributed by atoms with Gasteiger partial charge in [-0.1, -0.05) is 11.6 Å². The monoisotopic (exact) mass is 318 g/mol. The number of benzene rings is 1. The summed E-state index contributed by atoms with van der Waals surface area (Å²) in [6.45, 7) is 3.23. The van der Waals surface area contributed by atoms with Crippen molar-refractivity contribution in [1.29, 1.82) is 0 Å². The van der Waals surface area contributed by atoms with Gasteiger partial charge in [0.1, 0.15) is 0 Å². The summed E-state index contributed by atoms with van der Waals surface area (Å²) >= 11 is 5.93. The standard InChI is InChI=1S/C13H19ClN2O3S/c1-9-10(4-5-19-9)8-16-20(17,18)12-2-3-13(14)11(6-12)7-15/h2-3,6,9-10,16H,4-5,7-8,15H2,1H3. The number of ether oxygens (including phenoxy) is 1. The van der Waals surface area contributed by atoms with E-state index < -0.39 is 10.0 Å². The second kappa shape index (κ2) is 6.41. The zero-order valence-electron chi connectivity index (χ0n) is 11.3. The maximum Gasteiger partial charge on any atom is 0.240 e. The third-order valence-electron chi connectivity index (χ3n) is 3.62. The number of nitrogens with one attached hydrogen (secondary N) is 1. The van der Waals surface area contributed by atoms with E-state index in [2.05, 4.69) is 4.72 Å². The Kier molecular flexibility index (Phi) is 5.04. The number of hydrogen-bond acceptors (Lipinski definition) is 4. The van der Waals surface area contributed by atoms with Crippen molar-refractivity contribution in [3.63, 3.8) is 0 Å². The predicted octanol–water partition coefficient (Wildman–Crippen LogP) is 1.50. The van der Waals surface area contributed by atoms with Crippen molar-refractivity contribution in [2.45, 2.75) is 30.9 Å². The van der Waals surface area contributed by atoms with Gasteiger partial charge in [-0.15, -0.1) is 0 Å². The summed E-state index contributed by atoms with van der Waals surface area (Å²) < 4.78 is 32.5. The summed E-state index contributed by atoms with van der Waals surface area (Å²) in [5, 5.41) is 0.476. The van der Waals surface area contributed by atoms with E-state index in [1.54, 1.807) is 6.07 Å². The van der Waals surface area contributed by atoms with Crippen LogP contribution in [0.2, 0.25) is 5.02 Å². The quantitative estimate of drug-likeness (QED) is 0.862. The Balaban J connectivity index is 2.10. The zero-order valence-corrected chi connectivity index (χ0v) is 12.9. The lowest BCUT2D eigenvalue weighted by atomic mass is 10.0. The highest BCUT2D eigenvalue weighted by molar-refractivity contribution is 7.89. The molecule has 0 bridgehead atoms. The Morgan fingerprint density at radius 3 is 2.85 bits per heavy atom. The fourth-order valence-electron chi connectivity index (χ4n) is 2.22. The van der Waals surface area contributed by atoms with E-state index in [0.717, 1.165) is 6.42 Å². The van der Waals surface area contributed by atoms with Gasteiger partial charge in [-0.3, -0.25) is 0 Å². The molecule has 1 aliphatic rings. The fraction of sp³-hybridized carbons (Fsp3) is 0.538. The highest BCUT2D eigenvalue weighted by Gasteiger charge is 2.26. The van der Waals surface area contributed by atoms with Crippen LogP contribution >= 0.6 is 11.6 Å². The van der Waals surface area contributed by atoms with E-state index in [9.17, 15) is 8.42 Å². The number of halogens is 1. The van der Waals surface area contributed by atoms with Crippen molar-refractivity contribution >= 4 is 21.6 Å². The molecule has 1 aliphatic heterocycles. The van der Waals surface area contributed by atoms with Crippen LogP contribution in [0.4, 0.5) is 0 Å². The Bertz CT molecular complexity index is 577. The van der Waals surface area contributed by atoms with Gasteiger partial charge in [-0.05, 0) is 37.1 Å². The van der Waals surface area contributed by atoms with Crippen LogP contribution in [0, 0.1) is 5.92 Å². The summed E-state index contributed by atoms with van der Waals surface area (Å²) in [7, 11) is -3.54. The van der Waals surface area contributed by atoms with Crippen molar-refractivity contribution in [2.24, 2.45) is 11.7 Å². The first-order valence-electron chi connectivity index (χ1n) is 6.54. The molecule has 5 nitrogen and oxygen atoms in total. The summed E-state index contributed by atoms with van der Waals surface area (Å²) in [5.74, 6) is 0.214. The lowest BCUT2D eigenvalue weighted by Gasteiger charge is -2.15. The molecular weight excluding hydrogens is 300 g/mol. The third kappa shape index (κ3) is 3.51. The molecule has 112 valence electrons. The molecule has 3 N–H and O–H groups in total. The number of nitrogens with two attached hydrogens (primary N) is 1. The Labute approximate surface area is 124 Å². The van der Waals surface area contributed by atoms with Gasteiger partial charge in [0.2, 0.25) is 10.0 Å². The van der Waals surface area contributed by atoms with E-state index in [1.165, 1.54) is 12.1 Å². The van der Waals surface area contributed by atoms with Crippen LogP contribution in [0.25, 0.3) is 0 Å². The lowest BCUT2D eigenvalue weighted by Crippen LogP contribution is -2.32. The molecule has 1 aromatic rings. The van der Waals surface area contributed by atoms with Crippen LogP contribution in [0.15, 0.2) is 23.1 Å². The largest absolute Gasteiger partial charge is 0.378 e. The second-order valence-electron chi connectivity index (χ2n) is 4.93. The average molecular weight is 319 g/mol. The van der Waals surface area contributed by atoms with Crippen LogP contribution in [0.5, 0.6) is 0 Å². The fourth-order valence-corrected chi connectivity index (χ4v) is 3.56. The third-order valence-corrected chi connectivity index (χ3v) is 5.41. The molecule has 20 heavy (non-hydrogen) atoms. The molecular formula is C13H19ClN2O3S. The molecule has 0 radical (unpaired) electrons. The van der Waals surface area contributed by atoms with E-state index in [4.69, 9.17) is 22.1 Å². The van der Waals surface area contributed by atoms with E-state index >= 15 is 0 Å². The summed E-state index contributed by atoms with van der Waals surface area (Å²) in [6.07, 6.45) is 0.959. The highest BCUT2D eigenvalue weighted by atomic mass is 35.5. The number of hydrogen-bond donors (Lipinski definition) is 2. The molecule has 1 heterocycles. The first-order chi connectivity index (χ1) is 9.44. The first kappa shape index (κ1) is 15.7. The predicted molar refractivity (Wildman–Crippen MR) is 78.1 cm³/mol. The van der Waals surface area contributed by atoms with E-state index in [-0.39, 0.29) is 23.5 Å². The topological polar surface area (TPSA) is 81.4 Å². The number of rotatable bonds is 5. The summed E-state index contributed by atoms with van der Waals surface area (Å²) in [4.78, 5) is 0.189. The van der Waals surface area contributed by atoms with E-state index in [1.807, 2.05) is 6.92 Å². The van der Waals surface area contributed by atoms with Gasteiger partial charge < -0.3 is 10.5 Å². The van der Waals surface area contributed by atoms with E-state index in [0.29, 0.717) is 23.7 Å². The highest BCUT2D eigenvalue weighted by Crippen LogP contribution is 2.22. The Hall–Kier alpha value is -0.660. The minimum absolute atomic E-state index is 0.0857. The molecule has 1 aromatic carbocycles. The van der Waals surface area contributed by atoms with Crippen LogP contribution in [-0.2, 0) is 21.3 Å². The maximum atomic E-state index is 12.2. The molecule has 2 rings (SSSR count). The van der Waals surface area contributed by atoms with Gasteiger partial charge in [-0.25, -0.2) is 13.1 Å². The van der Waals surface area contributed by atoms with Crippen LogP contribution in [-0.4, -0.2) is 27.7 Å². The van der Waals surface area contributed by atoms with Gasteiger partial charge in [0, 0.05) is 30.6 Å². The molecule has 7 heteroatoms. The van der Waals surface area contributed by atoms with Gasteiger partial charge in [0.05, 0.1) is 11.0 Å². The van der Waals surface area contributed by atoms with Crippen molar-refractivity contribution in [3.05, 3.63) is 28.8 Å². The van der Waals surface area contributed by atoms with Gasteiger partial charge in [0.15, 0.2) is 0 Å². The summed E-state index contributed by atoms with van der Waals surface area (Å²) in [5.41, 5.74) is 6.16. The van der Waals surface area contributed by atoms with Crippen molar-refractivity contribution in [2.75, 3.05) is 13.2 Å². The minimum Gasteiger partial charge on any atom is -0.378 e. The normalized spacial score (nSPS) is 23.1. The molecule has 0 amide bonds. The number of sulfonamides is 1. The summed E-state index contributed by atoms with van der Waals surface area (Å²) in [6, 6.07) is 4.55. The van der Waals surface area contributed by atoms with Crippen LogP contribution in [0.3, 0.4) is 0 Å². The Morgan fingerprint density at radius 2 is 2.25 bits per heavy atom. The minimum atomic E-state index is -3.54. The van der Waals surface area contributed by atoms with Crippen molar-refractivity contribution in [1.82, 2.24) is 4.72 Å². The smallest absolute Gasteiger partial charge is 0.240 e. The van der Waals surface area contributed by atoms with Gasteiger partial charge in [0.25, 0.3) is 0 Å². The van der Waals surface area contributed by atoms with Crippen molar-refractivity contribution < 1.29 is 13.2 Å². The SMILES string of the molecule is CC1OCCC1CNS(=O)(=O)c1ccc(Cl)c(CN)c1. The molecule has 0 aromatic heterocycles. The molecule has 0 aliphatic carbocycles. The van der Waals surface area contributed by atoms with Gasteiger partial charge in [-0.2, -0.15) is 0 Å². The molecule has 1 fully saturated rings. The zero-order chi connectivity index (χ0) is 14.8. The molecule has 2 unspecified atom stereocenters. The second-order valence-corrected chi connectivity index (χ2v) is 7.11. The average Bonchev–Trinajstić information content (AvgIpc) is 2.82. The molecule has 2 atom stereocenters. The lowest BCUT2D eigenvalue weighted by molar-refractivity contribution is 0.107. The van der Waals surface area contributed by atoms with Crippen LogP contribution in [0.1, 0.15) is 18.9 Å². The molecule has 0 saturated carbocycles.